The summed E-state index contributed by atoms with van der Waals surface area (Å²) >= 11 is 1.78. The number of thiophene rings is 1. The van der Waals surface area contributed by atoms with Gasteiger partial charge in [0, 0.05) is 37.2 Å². The van der Waals surface area contributed by atoms with Crippen LogP contribution in [0.5, 0.6) is 0 Å². The van der Waals surface area contributed by atoms with Gasteiger partial charge in [-0.15, -0.1) is 77.1 Å². The minimum atomic E-state index is 0. The van der Waals surface area contributed by atoms with Gasteiger partial charge in [-0.1, -0.05) is 48.0 Å². The van der Waals surface area contributed by atoms with E-state index >= 15 is 0 Å². The Balaban J connectivity index is 0.000000180. The van der Waals surface area contributed by atoms with Gasteiger partial charge < -0.3 is 9.97 Å². The van der Waals surface area contributed by atoms with Gasteiger partial charge in [0.15, 0.2) is 0 Å². The van der Waals surface area contributed by atoms with Crippen molar-refractivity contribution < 1.29 is 20.1 Å². The van der Waals surface area contributed by atoms with Crippen LogP contribution in [0.25, 0.3) is 43.7 Å². The Kier molecular flexibility index (Phi) is 8.11. The third-order valence-electron chi connectivity index (χ3n) is 5.18. The summed E-state index contributed by atoms with van der Waals surface area (Å²) in [5.74, 6) is 0. The number of aromatic nitrogens is 2. The molecule has 6 rings (SSSR count). The molecule has 0 unspecified atom stereocenters. The first-order valence-electron chi connectivity index (χ1n) is 10.7. The van der Waals surface area contributed by atoms with Crippen LogP contribution >= 0.6 is 11.3 Å². The van der Waals surface area contributed by atoms with E-state index in [1.165, 1.54) is 21.2 Å². The molecule has 0 aliphatic heterocycles. The van der Waals surface area contributed by atoms with Gasteiger partial charge in [-0.05, 0) is 45.9 Å². The van der Waals surface area contributed by atoms with E-state index in [1.807, 2.05) is 72.9 Å². The third-order valence-corrected chi connectivity index (χ3v) is 6.15. The van der Waals surface area contributed by atoms with E-state index in [2.05, 4.69) is 63.9 Å². The molecule has 0 saturated carbocycles. The van der Waals surface area contributed by atoms with E-state index in [1.54, 1.807) is 17.5 Å². The summed E-state index contributed by atoms with van der Waals surface area (Å²) in [5.41, 5.74) is 6.49. The van der Waals surface area contributed by atoms with Crippen LogP contribution in [0, 0.1) is 12.1 Å². The standard InChI is InChI=1S/C19H12NS.C11H8N.Ir/c1-2-10-19-16(8-1)17(13-21-19)14-6-5-7-15(12-14)18-9-3-4-11-20-18;1-2-6-10(7-3-1)11-8-4-5-9-12-11;/h1-6,8-13H;1-6,8-9H;/q2*-1;. The first-order chi connectivity index (χ1) is 16.4. The Labute approximate surface area is 217 Å². The molecule has 167 valence electrons. The second kappa shape index (κ2) is 11.6. The second-order valence-electron chi connectivity index (χ2n) is 7.34. The topological polar surface area (TPSA) is 25.8 Å². The Morgan fingerprint density at radius 2 is 1.29 bits per heavy atom. The van der Waals surface area contributed by atoms with Crippen molar-refractivity contribution in [3.8, 4) is 33.6 Å². The van der Waals surface area contributed by atoms with Crippen molar-refractivity contribution in [2.24, 2.45) is 0 Å². The maximum atomic E-state index is 4.41. The maximum absolute atomic E-state index is 4.41. The zero-order chi connectivity index (χ0) is 22.3. The van der Waals surface area contributed by atoms with Crippen LogP contribution in [-0.4, -0.2) is 9.97 Å². The molecule has 0 amide bonds. The third kappa shape index (κ3) is 5.55. The van der Waals surface area contributed by atoms with Crippen molar-refractivity contribution >= 4 is 21.4 Å². The normalized spacial score (nSPS) is 10.1. The van der Waals surface area contributed by atoms with Gasteiger partial charge in [0.2, 0.25) is 0 Å². The minimum Gasteiger partial charge on any atom is -0.305 e. The summed E-state index contributed by atoms with van der Waals surface area (Å²) in [4.78, 5) is 8.62. The zero-order valence-electron chi connectivity index (χ0n) is 18.2. The summed E-state index contributed by atoms with van der Waals surface area (Å²) in [5, 5.41) is 3.53. The Bertz CT molecular complexity index is 1410. The fourth-order valence-electron chi connectivity index (χ4n) is 3.58. The van der Waals surface area contributed by atoms with Crippen molar-refractivity contribution in [3.05, 3.63) is 133 Å². The molecule has 0 N–H and O–H groups in total. The SMILES string of the molecule is [Ir].[c-]1ccc(-c2csc3ccccc23)cc1-c1ccccn1.[c-]1ccccc1-c1ccccn1. The minimum absolute atomic E-state index is 0. The molecule has 0 atom stereocenters. The van der Waals surface area contributed by atoms with Gasteiger partial charge >= 0.3 is 0 Å². The molecule has 6 aromatic rings. The summed E-state index contributed by atoms with van der Waals surface area (Å²) in [6.45, 7) is 0. The Hall–Kier alpha value is -3.43. The van der Waals surface area contributed by atoms with Crippen LogP contribution in [0.1, 0.15) is 0 Å². The molecule has 0 saturated heterocycles. The number of hydrogen-bond donors (Lipinski definition) is 0. The molecular weight excluding hydrogens is 613 g/mol. The van der Waals surface area contributed by atoms with E-state index in [4.69, 9.17) is 0 Å². The molecule has 34 heavy (non-hydrogen) atoms. The molecule has 0 aliphatic carbocycles. The first kappa shape index (κ1) is 23.7. The number of fused-ring (bicyclic) bond motifs is 1. The number of benzene rings is 3. The molecule has 3 aromatic heterocycles. The van der Waals surface area contributed by atoms with Crippen LogP contribution in [0.4, 0.5) is 0 Å². The molecule has 0 aliphatic rings. The van der Waals surface area contributed by atoms with Gasteiger partial charge in [0.05, 0.1) is 0 Å². The van der Waals surface area contributed by atoms with Crippen LogP contribution < -0.4 is 0 Å². The monoisotopic (exact) mass is 633 g/mol. The Morgan fingerprint density at radius 1 is 0.618 bits per heavy atom. The molecule has 0 spiro atoms. The fourth-order valence-corrected chi connectivity index (χ4v) is 4.55. The summed E-state index contributed by atoms with van der Waals surface area (Å²) < 4.78 is 1.32. The number of pyridine rings is 2. The van der Waals surface area contributed by atoms with E-state index in [0.717, 1.165) is 22.5 Å². The molecule has 0 fully saturated rings. The maximum Gasteiger partial charge on any atom is 0.0348 e. The van der Waals surface area contributed by atoms with Gasteiger partial charge in [0.1, 0.15) is 0 Å². The van der Waals surface area contributed by atoms with Gasteiger partial charge in [-0.2, -0.15) is 0 Å². The molecular formula is C30H20IrN2S-2. The van der Waals surface area contributed by atoms with Crippen molar-refractivity contribution in [3.63, 3.8) is 0 Å². The summed E-state index contributed by atoms with van der Waals surface area (Å²) in [7, 11) is 0. The quantitative estimate of drug-likeness (QED) is 0.185. The smallest absolute Gasteiger partial charge is 0.0348 e. The van der Waals surface area contributed by atoms with Crippen LogP contribution in [-0.2, 0) is 20.1 Å². The molecule has 1 radical (unpaired) electrons. The Morgan fingerprint density at radius 3 is 2.00 bits per heavy atom. The first-order valence-corrected chi connectivity index (χ1v) is 11.5. The molecule has 3 heterocycles. The van der Waals surface area contributed by atoms with Crippen LogP contribution in [0.2, 0.25) is 0 Å². The van der Waals surface area contributed by atoms with E-state index in [9.17, 15) is 0 Å². The predicted octanol–water partition coefficient (Wildman–Crippen LogP) is 7.98. The molecule has 4 heteroatoms. The van der Waals surface area contributed by atoms with Gasteiger partial charge in [0.25, 0.3) is 0 Å². The number of rotatable bonds is 3. The van der Waals surface area contributed by atoms with Crippen LogP contribution in [0.15, 0.2) is 121 Å². The average Bonchev–Trinajstić information content (AvgIpc) is 3.35. The second-order valence-corrected chi connectivity index (χ2v) is 8.25. The molecule has 2 nitrogen and oxygen atoms in total. The zero-order valence-corrected chi connectivity index (χ0v) is 21.4. The molecule has 0 bridgehead atoms. The van der Waals surface area contributed by atoms with Gasteiger partial charge in [-0.25, -0.2) is 0 Å². The summed E-state index contributed by atoms with van der Waals surface area (Å²) in [6.07, 6.45) is 3.60. The van der Waals surface area contributed by atoms with Crippen molar-refractivity contribution in [1.82, 2.24) is 9.97 Å². The number of hydrogen-bond acceptors (Lipinski definition) is 3. The molecule has 3 aromatic carbocycles. The van der Waals surface area contributed by atoms with E-state index < -0.39 is 0 Å². The van der Waals surface area contributed by atoms with Crippen LogP contribution in [0.3, 0.4) is 0 Å². The summed E-state index contributed by atoms with van der Waals surface area (Å²) in [6, 6.07) is 40.8. The largest absolute Gasteiger partial charge is 0.305 e. The van der Waals surface area contributed by atoms with Crippen molar-refractivity contribution in [1.29, 1.82) is 0 Å². The fraction of sp³-hybridized carbons (Fsp3) is 0. The van der Waals surface area contributed by atoms with Gasteiger partial charge in [-0.3, -0.25) is 0 Å². The van der Waals surface area contributed by atoms with E-state index in [0.29, 0.717) is 0 Å². The van der Waals surface area contributed by atoms with Crippen molar-refractivity contribution in [2.45, 2.75) is 0 Å². The predicted molar refractivity (Wildman–Crippen MR) is 138 cm³/mol. The van der Waals surface area contributed by atoms with E-state index in [-0.39, 0.29) is 20.1 Å². The average molecular weight is 633 g/mol. The number of nitrogens with zero attached hydrogens (tertiary/aromatic N) is 2. The van der Waals surface area contributed by atoms with Crippen molar-refractivity contribution in [2.75, 3.05) is 0 Å².